The Morgan fingerprint density at radius 3 is 2.42 bits per heavy atom. The molecular weight excluding hydrogens is 238 g/mol. The number of nitrogens with zero attached hydrogens (tertiary/aromatic N) is 1. The Morgan fingerprint density at radius 2 is 1.84 bits per heavy atom. The fraction of sp³-hybridized carbons (Fsp3) is 0.533. The maximum absolute atomic E-state index is 11.2. The molecule has 4 N–H and O–H groups in total. The van der Waals surface area contributed by atoms with Crippen LogP contribution in [0.15, 0.2) is 24.3 Å². The molecule has 0 saturated heterocycles. The monoisotopic (exact) mass is 261 g/mol. The third-order valence-corrected chi connectivity index (χ3v) is 3.76. The molecule has 1 aromatic rings. The van der Waals surface area contributed by atoms with E-state index < -0.39 is 0 Å². The zero-order valence-corrected chi connectivity index (χ0v) is 11.3. The topological polar surface area (TPSA) is 72.4 Å². The van der Waals surface area contributed by atoms with Crippen LogP contribution in [0.25, 0.3) is 0 Å². The predicted molar refractivity (Wildman–Crippen MR) is 77.3 cm³/mol. The number of carbonyl (C=O) groups excluding carboxylic acids is 1. The second kappa shape index (κ2) is 6.57. The van der Waals surface area contributed by atoms with Crippen molar-refractivity contribution in [3.63, 3.8) is 0 Å². The van der Waals surface area contributed by atoms with Gasteiger partial charge in [-0.3, -0.25) is 9.69 Å². The smallest absolute Gasteiger partial charge is 0.231 e. The highest BCUT2D eigenvalue weighted by atomic mass is 16.1. The number of primary amides is 1. The molecule has 4 nitrogen and oxygen atoms in total. The molecule has 0 aromatic heterocycles. The molecule has 1 aliphatic rings. The van der Waals surface area contributed by atoms with Crippen molar-refractivity contribution < 1.29 is 4.79 Å². The Morgan fingerprint density at radius 1 is 1.21 bits per heavy atom. The minimum Gasteiger partial charge on any atom is -0.399 e. The van der Waals surface area contributed by atoms with E-state index >= 15 is 0 Å². The van der Waals surface area contributed by atoms with Gasteiger partial charge in [-0.05, 0) is 36.5 Å². The molecule has 4 heteroatoms. The third-order valence-electron chi connectivity index (χ3n) is 3.76. The molecule has 19 heavy (non-hydrogen) atoms. The van der Waals surface area contributed by atoms with E-state index in [-0.39, 0.29) is 5.91 Å². The van der Waals surface area contributed by atoms with Gasteiger partial charge in [-0.1, -0.05) is 25.0 Å². The summed E-state index contributed by atoms with van der Waals surface area (Å²) in [4.78, 5) is 13.3. The maximum Gasteiger partial charge on any atom is 0.231 e. The van der Waals surface area contributed by atoms with Crippen molar-refractivity contribution in [1.29, 1.82) is 0 Å². The average Bonchev–Trinajstić information content (AvgIpc) is 2.84. The van der Waals surface area contributed by atoms with Crippen LogP contribution in [0.3, 0.4) is 0 Å². The Bertz CT molecular complexity index is 410. The summed E-state index contributed by atoms with van der Waals surface area (Å²) >= 11 is 0. The van der Waals surface area contributed by atoms with E-state index in [1.807, 2.05) is 24.3 Å². The number of nitrogens with two attached hydrogens (primary N) is 2. The van der Waals surface area contributed by atoms with Gasteiger partial charge < -0.3 is 11.5 Å². The summed E-state index contributed by atoms with van der Waals surface area (Å²) in [6.07, 6.45) is 5.18. The van der Waals surface area contributed by atoms with E-state index in [0.29, 0.717) is 12.5 Å². The lowest BCUT2D eigenvalue weighted by atomic mass is 10.1. The van der Waals surface area contributed by atoms with E-state index in [1.165, 1.54) is 31.2 Å². The fourth-order valence-corrected chi connectivity index (χ4v) is 2.84. The SMILES string of the molecule is NC(=O)CN(Cc1ccc(N)cc1)CC1CCCC1. The van der Waals surface area contributed by atoms with E-state index in [9.17, 15) is 4.79 Å². The van der Waals surface area contributed by atoms with Gasteiger partial charge in [0, 0.05) is 18.8 Å². The first-order valence-electron chi connectivity index (χ1n) is 6.98. The van der Waals surface area contributed by atoms with Crippen LogP contribution in [0.2, 0.25) is 0 Å². The number of hydrogen-bond acceptors (Lipinski definition) is 3. The van der Waals surface area contributed by atoms with Gasteiger partial charge >= 0.3 is 0 Å². The van der Waals surface area contributed by atoms with Gasteiger partial charge in [0.25, 0.3) is 0 Å². The van der Waals surface area contributed by atoms with E-state index in [0.717, 1.165) is 18.8 Å². The maximum atomic E-state index is 11.2. The van der Waals surface area contributed by atoms with Crippen molar-refractivity contribution in [3.05, 3.63) is 29.8 Å². The number of nitrogen functional groups attached to an aromatic ring is 1. The summed E-state index contributed by atoms with van der Waals surface area (Å²) < 4.78 is 0. The summed E-state index contributed by atoms with van der Waals surface area (Å²) in [6.45, 7) is 2.06. The first-order chi connectivity index (χ1) is 9.13. The summed E-state index contributed by atoms with van der Waals surface area (Å²) in [5.74, 6) is 0.460. The van der Waals surface area contributed by atoms with E-state index in [1.54, 1.807) is 0 Å². The number of benzene rings is 1. The highest BCUT2D eigenvalue weighted by Crippen LogP contribution is 2.26. The van der Waals surface area contributed by atoms with E-state index in [4.69, 9.17) is 11.5 Å². The molecule has 0 radical (unpaired) electrons. The fourth-order valence-electron chi connectivity index (χ4n) is 2.84. The third kappa shape index (κ3) is 4.56. The largest absolute Gasteiger partial charge is 0.399 e. The second-order valence-electron chi connectivity index (χ2n) is 5.53. The molecule has 1 aliphatic carbocycles. The van der Waals surface area contributed by atoms with E-state index in [2.05, 4.69) is 4.90 Å². The van der Waals surface area contributed by atoms with Crippen molar-refractivity contribution in [2.45, 2.75) is 32.2 Å². The quantitative estimate of drug-likeness (QED) is 0.766. The molecule has 1 aromatic carbocycles. The van der Waals surface area contributed by atoms with Crippen LogP contribution in [0, 0.1) is 5.92 Å². The van der Waals surface area contributed by atoms with Crippen LogP contribution in [0.5, 0.6) is 0 Å². The van der Waals surface area contributed by atoms with Crippen LogP contribution in [0.1, 0.15) is 31.2 Å². The van der Waals surface area contributed by atoms with Crippen molar-refractivity contribution in [2.75, 3.05) is 18.8 Å². The molecule has 0 atom stereocenters. The lowest BCUT2D eigenvalue weighted by Crippen LogP contribution is -2.36. The summed E-state index contributed by atoms with van der Waals surface area (Å²) in [6, 6.07) is 7.82. The van der Waals surface area contributed by atoms with Gasteiger partial charge in [-0.15, -0.1) is 0 Å². The highest BCUT2D eigenvalue weighted by Gasteiger charge is 2.19. The van der Waals surface area contributed by atoms with Gasteiger partial charge in [0.05, 0.1) is 6.54 Å². The van der Waals surface area contributed by atoms with Gasteiger partial charge in [0.2, 0.25) is 5.91 Å². The van der Waals surface area contributed by atoms with Crippen molar-refractivity contribution in [1.82, 2.24) is 4.90 Å². The number of anilines is 1. The number of carbonyl (C=O) groups is 1. The van der Waals surface area contributed by atoms with Crippen LogP contribution in [0.4, 0.5) is 5.69 Å². The van der Waals surface area contributed by atoms with Crippen LogP contribution >= 0.6 is 0 Å². The second-order valence-corrected chi connectivity index (χ2v) is 5.53. The zero-order chi connectivity index (χ0) is 13.7. The molecule has 0 aliphatic heterocycles. The molecule has 2 rings (SSSR count). The Balaban J connectivity index is 1.95. The summed E-state index contributed by atoms with van der Waals surface area (Å²) in [7, 11) is 0. The molecular formula is C15H23N3O. The summed E-state index contributed by atoms with van der Waals surface area (Å²) in [5.41, 5.74) is 13.0. The lowest BCUT2D eigenvalue weighted by molar-refractivity contribution is -0.119. The van der Waals surface area contributed by atoms with Gasteiger partial charge in [-0.2, -0.15) is 0 Å². The number of amides is 1. The van der Waals surface area contributed by atoms with Crippen molar-refractivity contribution in [3.8, 4) is 0 Å². The molecule has 0 heterocycles. The first kappa shape index (κ1) is 13.9. The lowest BCUT2D eigenvalue weighted by Gasteiger charge is -2.24. The predicted octanol–water partition coefficient (Wildman–Crippen LogP) is 1.75. The zero-order valence-electron chi connectivity index (χ0n) is 11.3. The Labute approximate surface area is 114 Å². The minimum absolute atomic E-state index is 0.256. The molecule has 0 unspecified atom stereocenters. The molecule has 1 amide bonds. The van der Waals surface area contributed by atoms with Crippen LogP contribution < -0.4 is 11.5 Å². The van der Waals surface area contributed by atoms with Gasteiger partial charge in [0.1, 0.15) is 0 Å². The molecule has 0 spiro atoms. The van der Waals surface area contributed by atoms with Crippen LogP contribution in [-0.2, 0) is 11.3 Å². The van der Waals surface area contributed by atoms with Crippen molar-refractivity contribution in [2.24, 2.45) is 11.7 Å². The highest BCUT2D eigenvalue weighted by molar-refractivity contribution is 5.75. The molecule has 104 valence electrons. The van der Waals surface area contributed by atoms with Crippen LogP contribution in [-0.4, -0.2) is 23.9 Å². The molecule has 1 fully saturated rings. The average molecular weight is 261 g/mol. The van der Waals surface area contributed by atoms with Gasteiger partial charge in [0.15, 0.2) is 0 Å². The summed E-state index contributed by atoms with van der Waals surface area (Å²) in [5, 5.41) is 0. The molecule has 1 saturated carbocycles. The number of hydrogen-bond donors (Lipinski definition) is 2. The standard InChI is InChI=1S/C15H23N3O/c16-14-7-5-13(6-8-14)10-18(11-15(17)19)9-12-3-1-2-4-12/h5-8,12H,1-4,9-11,16H2,(H2,17,19). The molecule has 0 bridgehead atoms. The Hall–Kier alpha value is -1.55. The Kier molecular flexibility index (Phi) is 4.80. The van der Waals surface area contributed by atoms with Crippen molar-refractivity contribution >= 4 is 11.6 Å². The normalized spacial score (nSPS) is 16.1. The number of rotatable bonds is 6. The van der Waals surface area contributed by atoms with Gasteiger partial charge in [-0.25, -0.2) is 0 Å². The first-order valence-corrected chi connectivity index (χ1v) is 6.98. The minimum atomic E-state index is -0.256.